The summed E-state index contributed by atoms with van der Waals surface area (Å²) in [4.78, 5) is 12.0. The molecule has 0 bridgehead atoms. The molecule has 5 nitrogen and oxygen atoms in total. The molecule has 4 heterocycles. The van der Waals surface area contributed by atoms with Crippen LogP contribution in [-0.2, 0) is 0 Å². The van der Waals surface area contributed by atoms with Crippen LogP contribution in [0.5, 0.6) is 0 Å². The van der Waals surface area contributed by atoms with E-state index in [2.05, 4.69) is 32.9 Å². The molecule has 0 atom stereocenters. The van der Waals surface area contributed by atoms with Crippen molar-refractivity contribution in [2.75, 3.05) is 20.1 Å². The van der Waals surface area contributed by atoms with Crippen molar-refractivity contribution < 1.29 is 0 Å². The van der Waals surface area contributed by atoms with Crippen molar-refractivity contribution in [1.29, 1.82) is 5.26 Å². The van der Waals surface area contributed by atoms with Gasteiger partial charge in [0.05, 0.1) is 28.0 Å². The van der Waals surface area contributed by atoms with Crippen molar-refractivity contribution in [2.24, 2.45) is 0 Å². The number of likely N-dealkylation sites (N-methyl/N-ethyl adjacent to an activating group) is 1. The van der Waals surface area contributed by atoms with Crippen molar-refractivity contribution in [2.45, 2.75) is 51.0 Å². The largest absolute Gasteiger partial charge is 0.323 e. The zero-order valence-corrected chi connectivity index (χ0v) is 16.3. The molecule has 1 saturated carbocycles. The topological polar surface area (TPSA) is 57.7 Å². The Bertz CT molecular complexity index is 938. The Balaban J connectivity index is 0.000000527. The van der Waals surface area contributed by atoms with E-state index in [0.29, 0.717) is 12.0 Å². The van der Waals surface area contributed by atoms with Crippen molar-refractivity contribution in [3.05, 3.63) is 23.5 Å². The second-order valence-corrected chi connectivity index (χ2v) is 8.32. The van der Waals surface area contributed by atoms with E-state index in [4.69, 9.17) is 10.2 Å². The Morgan fingerprint density at radius 3 is 2.62 bits per heavy atom. The summed E-state index contributed by atoms with van der Waals surface area (Å²) in [5.41, 5.74) is 3.56. The molecule has 6 heteroatoms. The zero-order chi connectivity index (χ0) is 18.1. The molecule has 136 valence electrons. The van der Waals surface area contributed by atoms with Crippen LogP contribution in [0, 0.1) is 11.3 Å². The van der Waals surface area contributed by atoms with Crippen molar-refractivity contribution in [1.82, 2.24) is 19.4 Å². The van der Waals surface area contributed by atoms with E-state index in [1.165, 1.54) is 55.1 Å². The van der Waals surface area contributed by atoms with Gasteiger partial charge in [-0.25, -0.2) is 4.98 Å². The molecular weight excluding hydrogens is 342 g/mol. The maximum Gasteiger partial charge on any atom is 0.115 e. The molecule has 0 amide bonds. The summed E-state index contributed by atoms with van der Waals surface area (Å²) < 4.78 is 3.94. The van der Waals surface area contributed by atoms with Crippen LogP contribution in [0.2, 0.25) is 0 Å². The second kappa shape index (κ2) is 7.34. The number of imidazole rings is 1. The molecule has 3 aromatic rings. The molecule has 2 aliphatic rings. The molecule has 0 spiro atoms. The van der Waals surface area contributed by atoms with Crippen molar-refractivity contribution in [3.63, 3.8) is 0 Å². The lowest BCUT2D eigenvalue weighted by atomic mass is 9.93. The Kier molecular flexibility index (Phi) is 4.92. The van der Waals surface area contributed by atoms with Crippen LogP contribution in [0.1, 0.15) is 56.8 Å². The number of fused-ring (bicyclic) bond motifs is 3. The van der Waals surface area contributed by atoms with Crippen molar-refractivity contribution in [3.8, 4) is 6.07 Å². The number of pyridine rings is 1. The lowest BCUT2D eigenvalue weighted by Crippen LogP contribution is -2.43. The minimum atomic E-state index is 0.587. The molecule has 5 rings (SSSR count). The summed E-state index contributed by atoms with van der Waals surface area (Å²) in [6, 6.07) is 4.51. The summed E-state index contributed by atoms with van der Waals surface area (Å²) in [5.74, 6) is 1.90. The number of hydrogen-bond acceptors (Lipinski definition) is 5. The molecular formula is C20H25N5S. The van der Waals surface area contributed by atoms with E-state index < -0.39 is 0 Å². The van der Waals surface area contributed by atoms with E-state index in [1.807, 2.05) is 17.5 Å². The Morgan fingerprint density at radius 2 is 1.92 bits per heavy atom. The fourth-order valence-corrected chi connectivity index (χ4v) is 5.24. The van der Waals surface area contributed by atoms with Crippen molar-refractivity contribution >= 4 is 32.6 Å². The van der Waals surface area contributed by atoms with Gasteiger partial charge in [0, 0.05) is 32.0 Å². The summed E-state index contributed by atoms with van der Waals surface area (Å²) in [5, 5.41) is 9.48. The SMILES string of the molecule is CC#N.CN1CC(c2nc3cnc4ccsc4c3n2C2CCCCC2)C1. The van der Waals surface area contributed by atoms with Crippen LogP contribution in [0.25, 0.3) is 21.3 Å². The third-order valence-corrected chi connectivity index (χ3v) is 6.43. The first-order valence-corrected chi connectivity index (χ1v) is 10.3. The summed E-state index contributed by atoms with van der Waals surface area (Å²) in [6.45, 7) is 3.70. The summed E-state index contributed by atoms with van der Waals surface area (Å²) >= 11 is 1.81. The quantitative estimate of drug-likeness (QED) is 0.658. The smallest absolute Gasteiger partial charge is 0.115 e. The minimum absolute atomic E-state index is 0.587. The summed E-state index contributed by atoms with van der Waals surface area (Å²) in [7, 11) is 2.20. The fraction of sp³-hybridized carbons (Fsp3) is 0.550. The highest BCUT2D eigenvalue weighted by Crippen LogP contribution is 2.39. The third-order valence-electron chi connectivity index (χ3n) is 5.52. The van der Waals surface area contributed by atoms with Crippen LogP contribution in [-0.4, -0.2) is 39.6 Å². The average Bonchev–Trinajstić information content (AvgIpc) is 3.24. The first-order chi connectivity index (χ1) is 12.7. The van der Waals surface area contributed by atoms with Gasteiger partial charge in [-0.05, 0) is 31.3 Å². The van der Waals surface area contributed by atoms with Gasteiger partial charge in [0.2, 0.25) is 0 Å². The standard InChI is InChI=1S/C18H22N4S.C2H3N/c1-21-10-12(11-21)18-20-15-9-19-14-7-8-23-17(14)16(15)22(18)13-5-3-2-4-6-13;1-2-3/h7-9,12-13H,2-6,10-11H2,1H3;1H3. The highest BCUT2D eigenvalue weighted by molar-refractivity contribution is 7.18. The van der Waals surface area contributed by atoms with Crippen LogP contribution in [0.15, 0.2) is 17.6 Å². The monoisotopic (exact) mass is 367 g/mol. The maximum atomic E-state index is 7.32. The number of nitrogens with zero attached hydrogens (tertiary/aromatic N) is 5. The fourth-order valence-electron chi connectivity index (χ4n) is 4.36. The van der Waals surface area contributed by atoms with Gasteiger partial charge >= 0.3 is 0 Å². The van der Waals surface area contributed by atoms with Gasteiger partial charge in [-0.1, -0.05) is 19.3 Å². The van der Waals surface area contributed by atoms with Crippen LogP contribution in [0.4, 0.5) is 0 Å². The molecule has 1 saturated heterocycles. The van der Waals surface area contributed by atoms with E-state index in [0.717, 1.165) is 24.1 Å². The minimum Gasteiger partial charge on any atom is -0.323 e. The average molecular weight is 368 g/mol. The normalized spacial score (nSPS) is 19.1. The summed E-state index contributed by atoms with van der Waals surface area (Å²) in [6.07, 6.45) is 8.68. The van der Waals surface area contributed by atoms with Gasteiger partial charge in [0.15, 0.2) is 0 Å². The third kappa shape index (κ3) is 3.00. The highest BCUT2D eigenvalue weighted by Gasteiger charge is 2.33. The number of hydrogen-bond donors (Lipinski definition) is 0. The zero-order valence-electron chi connectivity index (χ0n) is 15.5. The molecule has 1 aliphatic carbocycles. The van der Waals surface area contributed by atoms with Crippen LogP contribution >= 0.6 is 11.3 Å². The molecule has 0 aromatic carbocycles. The van der Waals surface area contributed by atoms with Gasteiger partial charge in [-0.2, -0.15) is 5.26 Å². The Morgan fingerprint density at radius 1 is 1.19 bits per heavy atom. The lowest BCUT2D eigenvalue weighted by molar-refractivity contribution is 0.176. The molecule has 26 heavy (non-hydrogen) atoms. The van der Waals surface area contributed by atoms with E-state index in [1.54, 1.807) is 6.07 Å². The van der Waals surface area contributed by atoms with Gasteiger partial charge in [0.1, 0.15) is 11.3 Å². The van der Waals surface area contributed by atoms with E-state index in [9.17, 15) is 0 Å². The van der Waals surface area contributed by atoms with Gasteiger partial charge in [-0.15, -0.1) is 11.3 Å². The maximum absolute atomic E-state index is 7.32. The first kappa shape index (κ1) is 17.4. The molecule has 0 radical (unpaired) electrons. The van der Waals surface area contributed by atoms with E-state index >= 15 is 0 Å². The van der Waals surface area contributed by atoms with Gasteiger partial charge in [0.25, 0.3) is 0 Å². The lowest BCUT2D eigenvalue weighted by Gasteiger charge is -2.37. The molecule has 0 N–H and O–H groups in total. The van der Waals surface area contributed by atoms with Crippen LogP contribution < -0.4 is 0 Å². The number of aromatic nitrogens is 3. The molecule has 0 unspecified atom stereocenters. The highest BCUT2D eigenvalue weighted by atomic mass is 32.1. The number of nitriles is 1. The second-order valence-electron chi connectivity index (χ2n) is 7.40. The molecule has 1 aliphatic heterocycles. The molecule has 3 aromatic heterocycles. The van der Waals surface area contributed by atoms with Gasteiger partial charge in [-0.3, -0.25) is 4.98 Å². The number of rotatable bonds is 2. The predicted octanol–water partition coefficient (Wildman–Crippen LogP) is 4.71. The Hall–Kier alpha value is -1.97. The first-order valence-electron chi connectivity index (χ1n) is 9.46. The van der Waals surface area contributed by atoms with Crippen LogP contribution in [0.3, 0.4) is 0 Å². The predicted molar refractivity (Wildman–Crippen MR) is 107 cm³/mol. The Labute approximate surface area is 158 Å². The number of thiophene rings is 1. The van der Waals surface area contributed by atoms with E-state index in [-0.39, 0.29) is 0 Å². The van der Waals surface area contributed by atoms with Gasteiger partial charge < -0.3 is 9.47 Å². The number of likely N-dealkylation sites (tertiary alicyclic amines) is 1. The molecule has 2 fully saturated rings.